The van der Waals surface area contributed by atoms with Gasteiger partial charge in [0, 0.05) is 17.0 Å². The first-order valence-corrected chi connectivity index (χ1v) is 6.97. The third-order valence-corrected chi connectivity index (χ3v) is 3.73. The molecule has 2 N–H and O–H groups in total. The molecule has 0 heterocycles. The summed E-state index contributed by atoms with van der Waals surface area (Å²) in [6.45, 7) is 2.08. The highest BCUT2D eigenvalue weighted by Crippen LogP contribution is 2.19. The standard InChI is InChI=1S/C11H18O4S2/c1-2-3-6-17-10(16)7-8(11(14)15)4-5-9(12)13/h8H,2-7H2,1H3,(H,12,13)(H,14,15). The van der Waals surface area contributed by atoms with E-state index in [-0.39, 0.29) is 19.3 Å². The maximum Gasteiger partial charge on any atom is 0.306 e. The number of carbonyl (C=O) groups is 2. The lowest BCUT2D eigenvalue weighted by Crippen LogP contribution is -2.17. The van der Waals surface area contributed by atoms with Gasteiger partial charge in [0.2, 0.25) is 0 Å². The Morgan fingerprint density at radius 1 is 1.35 bits per heavy atom. The first-order valence-electron chi connectivity index (χ1n) is 5.57. The maximum absolute atomic E-state index is 10.9. The van der Waals surface area contributed by atoms with Crippen LogP contribution in [-0.4, -0.2) is 32.1 Å². The summed E-state index contributed by atoms with van der Waals surface area (Å²) in [5.74, 6) is -1.71. The summed E-state index contributed by atoms with van der Waals surface area (Å²) in [5, 5.41) is 17.5. The van der Waals surface area contributed by atoms with Crippen LogP contribution in [0.1, 0.15) is 39.0 Å². The van der Waals surface area contributed by atoms with Crippen LogP contribution < -0.4 is 0 Å². The number of hydrogen-bond donors (Lipinski definition) is 2. The monoisotopic (exact) mass is 278 g/mol. The average molecular weight is 278 g/mol. The fourth-order valence-corrected chi connectivity index (χ4v) is 2.63. The van der Waals surface area contributed by atoms with E-state index in [0.717, 1.165) is 18.6 Å². The molecule has 0 fully saturated rings. The van der Waals surface area contributed by atoms with Crippen LogP contribution in [0.3, 0.4) is 0 Å². The molecule has 0 saturated carbocycles. The maximum atomic E-state index is 10.9. The summed E-state index contributed by atoms with van der Waals surface area (Å²) >= 11 is 6.60. The number of thiocarbonyl (C=S) groups is 1. The van der Waals surface area contributed by atoms with Crippen LogP contribution in [0.25, 0.3) is 0 Å². The van der Waals surface area contributed by atoms with Crippen molar-refractivity contribution in [1.29, 1.82) is 0 Å². The number of hydrogen-bond acceptors (Lipinski definition) is 4. The van der Waals surface area contributed by atoms with E-state index in [1.807, 2.05) is 0 Å². The molecule has 0 aromatic rings. The molecule has 1 atom stereocenters. The molecule has 0 aliphatic carbocycles. The van der Waals surface area contributed by atoms with Crippen molar-refractivity contribution in [1.82, 2.24) is 0 Å². The van der Waals surface area contributed by atoms with Gasteiger partial charge in [0.25, 0.3) is 0 Å². The van der Waals surface area contributed by atoms with Gasteiger partial charge in [-0.3, -0.25) is 9.59 Å². The van der Waals surface area contributed by atoms with Crippen molar-refractivity contribution in [2.24, 2.45) is 5.92 Å². The van der Waals surface area contributed by atoms with Crippen LogP contribution in [0.4, 0.5) is 0 Å². The first kappa shape index (κ1) is 16.4. The van der Waals surface area contributed by atoms with Gasteiger partial charge < -0.3 is 10.2 Å². The zero-order chi connectivity index (χ0) is 13.3. The highest BCUT2D eigenvalue weighted by molar-refractivity contribution is 8.23. The molecule has 0 aromatic carbocycles. The molecule has 6 heteroatoms. The zero-order valence-electron chi connectivity index (χ0n) is 9.85. The third-order valence-electron chi connectivity index (χ3n) is 2.23. The Hall–Kier alpha value is -0.620. The van der Waals surface area contributed by atoms with Crippen molar-refractivity contribution in [2.75, 3.05) is 5.75 Å². The second kappa shape index (κ2) is 9.41. The Morgan fingerprint density at radius 3 is 2.47 bits per heavy atom. The molecule has 17 heavy (non-hydrogen) atoms. The van der Waals surface area contributed by atoms with E-state index in [2.05, 4.69) is 6.92 Å². The first-order chi connectivity index (χ1) is 7.97. The highest BCUT2D eigenvalue weighted by Gasteiger charge is 2.20. The highest BCUT2D eigenvalue weighted by atomic mass is 32.2. The van der Waals surface area contributed by atoms with Crippen LogP contribution in [0.5, 0.6) is 0 Å². The van der Waals surface area contributed by atoms with Crippen molar-refractivity contribution in [3.05, 3.63) is 0 Å². The van der Waals surface area contributed by atoms with E-state index in [1.165, 1.54) is 11.8 Å². The number of carboxylic acid groups (broad SMARTS) is 2. The zero-order valence-corrected chi connectivity index (χ0v) is 11.5. The van der Waals surface area contributed by atoms with Crippen LogP contribution in [0, 0.1) is 5.92 Å². The smallest absolute Gasteiger partial charge is 0.306 e. The molecule has 1 unspecified atom stereocenters. The van der Waals surface area contributed by atoms with E-state index in [0.29, 0.717) is 4.20 Å². The lowest BCUT2D eigenvalue weighted by molar-refractivity contribution is -0.142. The van der Waals surface area contributed by atoms with Gasteiger partial charge in [0.05, 0.1) is 5.92 Å². The Kier molecular flexibility index (Phi) is 9.07. The van der Waals surface area contributed by atoms with Crippen molar-refractivity contribution in [3.8, 4) is 0 Å². The Labute approximate surface area is 111 Å². The predicted octanol–water partition coefficient (Wildman–Crippen LogP) is 2.80. The summed E-state index contributed by atoms with van der Waals surface area (Å²) in [7, 11) is 0. The molecule has 0 radical (unpaired) electrons. The average Bonchev–Trinajstić information content (AvgIpc) is 2.23. The van der Waals surface area contributed by atoms with Crippen LogP contribution >= 0.6 is 24.0 Å². The van der Waals surface area contributed by atoms with Crippen LogP contribution in [0.15, 0.2) is 0 Å². The predicted molar refractivity (Wildman–Crippen MR) is 72.6 cm³/mol. The molecule has 0 bridgehead atoms. The van der Waals surface area contributed by atoms with E-state index >= 15 is 0 Å². The molecule has 0 saturated heterocycles. The van der Waals surface area contributed by atoms with Gasteiger partial charge in [-0.05, 0) is 18.6 Å². The third kappa shape index (κ3) is 9.12. The number of carboxylic acids is 2. The second-order valence-electron chi connectivity index (χ2n) is 3.75. The van der Waals surface area contributed by atoms with Gasteiger partial charge in [0.15, 0.2) is 0 Å². The van der Waals surface area contributed by atoms with Gasteiger partial charge in [0.1, 0.15) is 0 Å². The minimum Gasteiger partial charge on any atom is -0.481 e. The van der Waals surface area contributed by atoms with Gasteiger partial charge in [-0.1, -0.05) is 25.6 Å². The molecule has 0 rings (SSSR count). The summed E-state index contributed by atoms with van der Waals surface area (Å²) < 4.78 is 0.663. The van der Waals surface area contributed by atoms with E-state index < -0.39 is 17.9 Å². The molecule has 98 valence electrons. The number of aliphatic carboxylic acids is 2. The Morgan fingerprint density at radius 2 is 2.00 bits per heavy atom. The second-order valence-corrected chi connectivity index (χ2v) is 5.69. The summed E-state index contributed by atoms with van der Waals surface area (Å²) in [5.41, 5.74) is 0. The lowest BCUT2D eigenvalue weighted by atomic mass is 10.0. The summed E-state index contributed by atoms with van der Waals surface area (Å²) in [6.07, 6.45) is 2.43. The molecule has 0 spiro atoms. The molecular weight excluding hydrogens is 260 g/mol. The molecule has 0 aliphatic heterocycles. The largest absolute Gasteiger partial charge is 0.481 e. The van der Waals surface area contributed by atoms with Gasteiger partial charge in [-0.25, -0.2) is 0 Å². The SMILES string of the molecule is CCCCSC(=S)CC(CCC(=O)O)C(=O)O. The molecular formula is C11H18O4S2. The summed E-state index contributed by atoms with van der Waals surface area (Å²) in [4.78, 5) is 21.3. The van der Waals surface area contributed by atoms with Crippen molar-refractivity contribution >= 4 is 40.1 Å². The Bertz CT molecular complexity index is 279. The van der Waals surface area contributed by atoms with Crippen LogP contribution in [-0.2, 0) is 9.59 Å². The Balaban J connectivity index is 4.02. The molecule has 0 aromatic heterocycles. The van der Waals surface area contributed by atoms with Gasteiger partial charge >= 0.3 is 11.9 Å². The number of rotatable bonds is 9. The van der Waals surface area contributed by atoms with Gasteiger partial charge in [-0.15, -0.1) is 11.8 Å². The van der Waals surface area contributed by atoms with Gasteiger partial charge in [-0.2, -0.15) is 0 Å². The minimum atomic E-state index is -0.971. The van der Waals surface area contributed by atoms with Crippen molar-refractivity contribution < 1.29 is 19.8 Å². The topological polar surface area (TPSA) is 74.6 Å². The fraction of sp³-hybridized carbons (Fsp3) is 0.727. The van der Waals surface area contributed by atoms with E-state index in [9.17, 15) is 9.59 Å². The fourth-order valence-electron chi connectivity index (χ4n) is 1.20. The van der Waals surface area contributed by atoms with E-state index in [1.54, 1.807) is 0 Å². The normalized spacial score (nSPS) is 12.1. The molecule has 0 amide bonds. The van der Waals surface area contributed by atoms with E-state index in [4.69, 9.17) is 22.4 Å². The number of thioether (sulfide) groups is 1. The molecule has 4 nitrogen and oxygen atoms in total. The number of unbranched alkanes of at least 4 members (excludes halogenated alkanes) is 1. The minimum absolute atomic E-state index is 0.126. The van der Waals surface area contributed by atoms with Crippen molar-refractivity contribution in [2.45, 2.75) is 39.0 Å². The molecule has 0 aliphatic rings. The lowest BCUT2D eigenvalue weighted by Gasteiger charge is -2.11. The van der Waals surface area contributed by atoms with Crippen molar-refractivity contribution in [3.63, 3.8) is 0 Å². The summed E-state index contributed by atoms with van der Waals surface area (Å²) in [6, 6.07) is 0. The van der Waals surface area contributed by atoms with Crippen LogP contribution in [0.2, 0.25) is 0 Å². The quantitative estimate of drug-likeness (QED) is 0.499.